The minimum absolute atomic E-state index is 0.521. The van der Waals surface area contributed by atoms with Crippen LogP contribution in [0.4, 0.5) is 0 Å². The molecular formula is C29H58O. The van der Waals surface area contributed by atoms with Crippen molar-refractivity contribution < 1.29 is 4.79 Å². The molecule has 0 amide bonds. The third kappa shape index (κ3) is 25.7. The predicted octanol–water partition coefficient (Wildman–Crippen LogP) is 10.7. The number of ketones is 1. The molecule has 0 atom stereocenters. The summed E-state index contributed by atoms with van der Waals surface area (Å²) in [6.45, 7) is 4.56. The minimum Gasteiger partial charge on any atom is -0.300 e. The van der Waals surface area contributed by atoms with Gasteiger partial charge in [-0.05, 0) is 12.8 Å². The van der Waals surface area contributed by atoms with Crippen molar-refractivity contribution in [3.05, 3.63) is 0 Å². The van der Waals surface area contributed by atoms with Gasteiger partial charge in [0.15, 0.2) is 0 Å². The Kier molecular flexibility index (Phi) is 26.4. The van der Waals surface area contributed by atoms with Gasteiger partial charge in [0.05, 0.1) is 0 Å². The van der Waals surface area contributed by atoms with Crippen LogP contribution in [0.1, 0.15) is 181 Å². The molecule has 0 aliphatic heterocycles. The molecule has 180 valence electrons. The summed E-state index contributed by atoms with van der Waals surface area (Å²) < 4.78 is 0. The van der Waals surface area contributed by atoms with Crippen LogP contribution in [-0.2, 0) is 4.79 Å². The molecule has 0 unspecified atom stereocenters. The van der Waals surface area contributed by atoms with Crippen LogP contribution >= 0.6 is 0 Å². The first-order chi connectivity index (χ1) is 14.8. The summed E-state index contributed by atoms with van der Waals surface area (Å²) in [4.78, 5) is 12.0. The second-order valence-electron chi connectivity index (χ2n) is 9.82. The molecule has 0 aromatic carbocycles. The quantitative estimate of drug-likeness (QED) is 0.127. The summed E-state index contributed by atoms with van der Waals surface area (Å²) >= 11 is 0. The molecule has 0 fully saturated rings. The summed E-state index contributed by atoms with van der Waals surface area (Å²) in [7, 11) is 0. The number of Topliss-reactive ketones (excluding diaryl/α,β-unsaturated/α-hetero) is 1. The van der Waals surface area contributed by atoms with Crippen LogP contribution in [0.5, 0.6) is 0 Å². The molecule has 0 N–H and O–H groups in total. The van der Waals surface area contributed by atoms with Crippen LogP contribution in [0.3, 0.4) is 0 Å². The van der Waals surface area contributed by atoms with Crippen LogP contribution in [-0.4, -0.2) is 5.78 Å². The molecule has 0 heterocycles. The number of unbranched alkanes of at least 4 members (excludes halogenated alkanes) is 22. The maximum Gasteiger partial charge on any atom is 0.132 e. The highest BCUT2D eigenvalue weighted by molar-refractivity contribution is 5.78. The van der Waals surface area contributed by atoms with Crippen LogP contribution in [0.2, 0.25) is 0 Å². The fourth-order valence-corrected chi connectivity index (χ4v) is 4.45. The SMILES string of the molecule is CCCCCCCCCCCCCCCCCC(=O)CCCCCCCCCCC. The second kappa shape index (κ2) is 26.7. The third-order valence-electron chi connectivity index (χ3n) is 6.62. The Morgan fingerprint density at radius 2 is 0.533 bits per heavy atom. The van der Waals surface area contributed by atoms with Gasteiger partial charge in [-0.3, -0.25) is 4.79 Å². The lowest BCUT2D eigenvalue weighted by Gasteiger charge is -2.04. The van der Waals surface area contributed by atoms with Crippen molar-refractivity contribution in [2.45, 2.75) is 181 Å². The van der Waals surface area contributed by atoms with Crippen molar-refractivity contribution in [2.24, 2.45) is 0 Å². The lowest BCUT2D eigenvalue weighted by atomic mass is 10.0. The van der Waals surface area contributed by atoms with Crippen molar-refractivity contribution in [3.63, 3.8) is 0 Å². The van der Waals surface area contributed by atoms with Gasteiger partial charge < -0.3 is 0 Å². The molecule has 0 aromatic rings. The van der Waals surface area contributed by atoms with Crippen molar-refractivity contribution in [2.75, 3.05) is 0 Å². The Hall–Kier alpha value is -0.330. The van der Waals surface area contributed by atoms with E-state index >= 15 is 0 Å². The number of carbonyl (C=O) groups excluding carboxylic acids is 1. The molecule has 1 nitrogen and oxygen atoms in total. The number of carbonyl (C=O) groups is 1. The van der Waals surface area contributed by atoms with Crippen LogP contribution < -0.4 is 0 Å². The first kappa shape index (κ1) is 29.7. The average Bonchev–Trinajstić information content (AvgIpc) is 2.75. The van der Waals surface area contributed by atoms with Gasteiger partial charge in [0.25, 0.3) is 0 Å². The smallest absolute Gasteiger partial charge is 0.132 e. The second-order valence-corrected chi connectivity index (χ2v) is 9.82. The molecular weight excluding hydrogens is 364 g/mol. The van der Waals surface area contributed by atoms with Crippen molar-refractivity contribution >= 4 is 5.78 Å². The first-order valence-corrected chi connectivity index (χ1v) is 14.3. The van der Waals surface area contributed by atoms with Crippen LogP contribution in [0.25, 0.3) is 0 Å². The van der Waals surface area contributed by atoms with E-state index < -0.39 is 0 Å². The molecule has 1 heteroatoms. The lowest BCUT2D eigenvalue weighted by Crippen LogP contribution is -1.97. The molecule has 30 heavy (non-hydrogen) atoms. The monoisotopic (exact) mass is 422 g/mol. The Morgan fingerprint density at radius 1 is 0.333 bits per heavy atom. The van der Waals surface area contributed by atoms with E-state index in [9.17, 15) is 4.79 Å². The maximum atomic E-state index is 12.0. The van der Waals surface area contributed by atoms with E-state index in [0.717, 1.165) is 25.7 Å². The van der Waals surface area contributed by atoms with E-state index in [4.69, 9.17) is 0 Å². The summed E-state index contributed by atoms with van der Waals surface area (Å²) in [5.74, 6) is 0.521. The van der Waals surface area contributed by atoms with E-state index in [-0.39, 0.29) is 0 Å². The van der Waals surface area contributed by atoms with Crippen molar-refractivity contribution in [3.8, 4) is 0 Å². The summed E-state index contributed by atoms with van der Waals surface area (Å²) in [6.07, 6.45) is 34.6. The van der Waals surface area contributed by atoms with Crippen molar-refractivity contribution in [1.29, 1.82) is 0 Å². The zero-order valence-corrected chi connectivity index (χ0v) is 21.3. The van der Waals surface area contributed by atoms with Crippen LogP contribution in [0.15, 0.2) is 0 Å². The molecule has 0 saturated heterocycles. The zero-order valence-electron chi connectivity index (χ0n) is 21.3. The minimum atomic E-state index is 0.521. The highest BCUT2D eigenvalue weighted by Crippen LogP contribution is 2.15. The topological polar surface area (TPSA) is 17.1 Å². The van der Waals surface area contributed by atoms with Gasteiger partial charge in [0.1, 0.15) is 5.78 Å². The Balaban J connectivity index is 3.12. The van der Waals surface area contributed by atoms with Gasteiger partial charge in [-0.1, -0.05) is 155 Å². The summed E-state index contributed by atoms with van der Waals surface area (Å²) in [6, 6.07) is 0. The molecule has 0 aliphatic rings. The van der Waals surface area contributed by atoms with E-state index in [1.165, 1.54) is 141 Å². The van der Waals surface area contributed by atoms with Gasteiger partial charge in [-0.25, -0.2) is 0 Å². The van der Waals surface area contributed by atoms with Gasteiger partial charge in [-0.15, -0.1) is 0 Å². The van der Waals surface area contributed by atoms with E-state index in [1.807, 2.05) is 0 Å². The number of hydrogen-bond acceptors (Lipinski definition) is 1. The zero-order chi connectivity index (χ0) is 22.0. The lowest BCUT2D eigenvalue weighted by molar-refractivity contribution is -0.119. The highest BCUT2D eigenvalue weighted by Gasteiger charge is 2.02. The molecule has 0 rings (SSSR count). The normalized spacial score (nSPS) is 11.3. The average molecular weight is 423 g/mol. The fourth-order valence-electron chi connectivity index (χ4n) is 4.45. The fraction of sp³-hybridized carbons (Fsp3) is 0.966. The van der Waals surface area contributed by atoms with E-state index in [0.29, 0.717) is 5.78 Å². The molecule has 0 aromatic heterocycles. The molecule has 0 bridgehead atoms. The highest BCUT2D eigenvalue weighted by atomic mass is 16.1. The molecule has 0 radical (unpaired) electrons. The Labute approximate surface area is 191 Å². The van der Waals surface area contributed by atoms with Gasteiger partial charge in [-0.2, -0.15) is 0 Å². The van der Waals surface area contributed by atoms with Crippen LogP contribution in [0, 0.1) is 0 Å². The first-order valence-electron chi connectivity index (χ1n) is 14.3. The third-order valence-corrected chi connectivity index (χ3v) is 6.62. The van der Waals surface area contributed by atoms with E-state index in [1.54, 1.807) is 0 Å². The van der Waals surface area contributed by atoms with Crippen molar-refractivity contribution in [1.82, 2.24) is 0 Å². The molecule has 0 aliphatic carbocycles. The van der Waals surface area contributed by atoms with Gasteiger partial charge in [0.2, 0.25) is 0 Å². The maximum absolute atomic E-state index is 12.0. The Bertz CT molecular complexity index is 322. The predicted molar refractivity (Wildman–Crippen MR) is 136 cm³/mol. The van der Waals surface area contributed by atoms with Gasteiger partial charge in [0, 0.05) is 12.8 Å². The summed E-state index contributed by atoms with van der Waals surface area (Å²) in [5.41, 5.74) is 0. The number of rotatable bonds is 26. The standard InChI is InChI=1S/C29H58O/c1-3-5-7-9-11-13-14-15-16-17-18-20-22-24-26-28-29(30)27-25-23-21-19-12-10-8-6-4-2/h3-28H2,1-2H3. The summed E-state index contributed by atoms with van der Waals surface area (Å²) in [5, 5.41) is 0. The van der Waals surface area contributed by atoms with Gasteiger partial charge >= 0.3 is 0 Å². The largest absolute Gasteiger partial charge is 0.300 e. The molecule has 0 spiro atoms. The molecule has 0 saturated carbocycles. The number of hydrogen-bond donors (Lipinski definition) is 0. The Morgan fingerprint density at radius 3 is 0.767 bits per heavy atom. The van der Waals surface area contributed by atoms with E-state index in [2.05, 4.69) is 13.8 Å².